The number of rotatable bonds is 5. The molecule has 0 radical (unpaired) electrons. The van der Waals surface area contributed by atoms with Crippen molar-refractivity contribution < 1.29 is 18.1 Å². The number of halogens is 2. The molecule has 1 aromatic heterocycles. The molecular formula is C16H11F2N3O2. The Morgan fingerprint density at radius 3 is 2.65 bits per heavy atom. The molecule has 0 bridgehead atoms. The van der Waals surface area contributed by atoms with E-state index < -0.39 is 5.82 Å². The third kappa shape index (κ3) is 3.76. The van der Waals surface area contributed by atoms with Crippen LogP contribution in [0.3, 0.4) is 0 Å². The molecule has 0 aliphatic heterocycles. The lowest BCUT2D eigenvalue weighted by atomic mass is 10.2. The molecule has 0 aliphatic carbocycles. The van der Waals surface area contributed by atoms with Crippen LogP contribution in [0.2, 0.25) is 0 Å². The molecule has 2 aromatic carbocycles. The average molecular weight is 315 g/mol. The number of hydrogen-bond donors (Lipinski definition) is 0. The Bertz CT molecular complexity index is 816. The fourth-order valence-electron chi connectivity index (χ4n) is 1.80. The van der Waals surface area contributed by atoms with Crippen molar-refractivity contribution in [2.75, 3.05) is 0 Å². The molecule has 3 rings (SSSR count). The molecule has 0 N–H and O–H groups in total. The zero-order chi connectivity index (χ0) is 16.1. The Hall–Kier alpha value is -3.09. The second-order valence-electron chi connectivity index (χ2n) is 4.55. The predicted octanol–water partition coefficient (Wildman–Crippen LogP) is 3.57. The van der Waals surface area contributed by atoms with E-state index in [9.17, 15) is 8.78 Å². The van der Waals surface area contributed by atoms with Gasteiger partial charge in [-0.2, -0.15) is 4.98 Å². The molecule has 0 saturated carbocycles. The van der Waals surface area contributed by atoms with E-state index in [0.717, 1.165) is 0 Å². The second-order valence-corrected chi connectivity index (χ2v) is 4.55. The summed E-state index contributed by atoms with van der Waals surface area (Å²) in [6.45, 7) is -0.0564. The van der Waals surface area contributed by atoms with Crippen LogP contribution in [-0.2, 0) is 11.4 Å². The third-order valence-electron chi connectivity index (χ3n) is 2.93. The topological polar surface area (TPSA) is 60.5 Å². The van der Waals surface area contributed by atoms with Gasteiger partial charge in [-0.25, -0.2) is 8.78 Å². The van der Waals surface area contributed by atoms with Crippen molar-refractivity contribution in [3.8, 4) is 11.4 Å². The van der Waals surface area contributed by atoms with Gasteiger partial charge in [-0.3, -0.25) is 0 Å². The van der Waals surface area contributed by atoms with Crippen LogP contribution in [0.4, 0.5) is 8.78 Å². The first-order valence-corrected chi connectivity index (χ1v) is 6.71. The molecule has 0 fully saturated rings. The molecule has 3 aromatic rings. The molecule has 0 saturated heterocycles. The normalized spacial score (nSPS) is 11.0. The van der Waals surface area contributed by atoms with E-state index in [1.807, 2.05) is 0 Å². The van der Waals surface area contributed by atoms with Gasteiger partial charge in [0.05, 0.1) is 6.21 Å². The quantitative estimate of drug-likeness (QED) is 0.533. The van der Waals surface area contributed by atoms with Crippen molar-refractivity contribution in [3.05, 3.63) is 71.6 Å². The minimum absolute atomic E-state index is 0.0564. The Balaban J connectivity index is 1.59. The zero-order valence-corrected chi connectivity index (χ0v) is 11.8. The lowest BCUT2D eigenvalue weighted by molar-refractivity contribution is 0.107. The number of hydrogen-bond acceptors (Lipinski definition) is 5. The number of nitrogens with zero attached hydrogens (tertiary/aromatic N) is 3. The van der Waals surface area contributed by atoms with Gasteiger partial charge >= 0.3 is 0 Å². The highest BCUT2D eigenvalue weighted by Gasteiger charge is 2.09. The van der Waals surface area contributed by atoms with Gasteiger partial charge < -0.3 is 9.36 Å². The van der Waals surface area contributed by atoms with E-state index in [4.69, 9.17) is 9.36 Å². The van der Waals surface area contributed by atoms with Crippen LogP contribution in [0, 0.1) is 11.6 Å². The van der Waals surface area contributed by atoms with E-state index >= 15 is 0 Å². The van der Waals surface area contributed by atoms with Crippen LogP contribution in [0.15, 0.2) is 58.2 Å². The summed E-state index contributed by atoms with van der Waals surface area (Å²) >= 11 is 0. The molecule has 0 aliphatic rings. The summed E-state index contributed by atoms with van der Waals surface area (Å²) < 4.78 is 31.2. The Morgan fingerprint density at radius 1 is 1.09 bits per heavy atom. The smallest absolute Gasteiger partial charge is 0.267 e. The number of oxime groups is 1. The Labute approximate surface area is 130 Å². The molecule has 116 valence electrons. The first-order chi connectivity index (χ1) is 11.2. The highest BCUT2D eigenvalue weighted by molar-refractivity contribution is 5.79. The summed E-state index contributed by atoms with van der Waals surface area (Å²) in [6.07, 6.45) is 1.26. The molecule has 0 atom stereocenters. The van der Waals surface area contributed by atoms with Crippen LogP contribution in [0.25, 0.3) is 11.4 Å². The Kier molecular flexibility index (Phi) is 4.37. The maximum atomic E-state index is 13.3. The van der Waals surface area contributed by atoms with Crippen LogP contribution in [0.5, 0.6) is 0 Å². The molecule has 23 heavy (non-hydrogen) atoms. The molecule has 0 amide bonds. The van der Waals surface area contributed by atoms with Gasteiger partial charge in [0.2, 0.25) is 5.82 Å². The van der Waals surface area contributed by atoms with Gasteiger partial charge in [0, 0.05) is 11.1 Å². The first kappa shape index (κ1) is 14.8. The van der Waals surface area contributed by atoms with E-state index in [1.54, 1.807) is 30.3 Å². The van der Waals surface area contributed by atoms with Crippen LogP contribution >= 0.6 is 0 Å². The van der Waals surface area contributed by atoms with Crippen molar-refractivity contribution in [3.63, 3.8) is 0 Å². The van der Waals surface area contributed by atoms with E-state index in [2.05, 4.69) is 15.3 Å². The summed E-state index contributed by atoms with van der Waals surface area (Å²) in [5.41, 5.74) is 0.932. The maximum absolute atomic E-state index is 13.3. The number of benzene rings is 2. The molecule has 1 heterocycles. The van der Waals surface area contributed by atoms with Gasteiger partial charge in [-0.15, -0.1) is 0 Å². The van der Waals surface area contributed by atoms with E-state index in [1.165, 1.54) is 24.4 Å². The second kappa shape index (κ2) is 6.78. The van der Waals surface area contributed by atoms with Gasteiger partial charge in [-0.05, 0) is 30.3 Å². The van der Waals surface area contributed by atoms with Crippen LogP contribution in [-0.4, -0.2) is 16.4 Å². The highest BCUT2D eigenvalue weighted by Crippen LogP contribution is 2.16. The standard InChI is InChI=1S/C16H11F2N3O2/c17-13-7-5-11(6-8-13)16-20-15(23-21-16)10-22-19-9-12-3-1-2-4-14(12)18/h1-9H,10H2/b19-9-. The van der Waals surface area contributed by atoms with Gasteiger partial charge in [-0.1, -0.05) is 28.5 Å². The molecular weight excluding hydrogens is 304 g/mol. The summed E-state index contributed by atoms with van der Waals surface area (Å²) in [6, 6.07) is 11.9. The average Bonchev–Trinajstić information content (AvgIpc) is 3.03. The van der Waals surface area contributed by atoms with E-state index in [0.29, 0.717) is 17.0 Å². The third-order valence-corrected chi connectivity index (χ3v) is 2.93. The maximum Gasteiger partial charge on any atom is 0.267 e. The van der Waals surface area contributed by atoms with Crippen molar-refractivity contribution in [1.82, 2.24) is 10.1 Å². The first-order valence-electron chi connectivity index (χ1n) is 6.71. The monoisotopic (exact) mass is 315 g/mol. The summed E-state index contributed by atoms with van der Waals surface area (Å²) in [5, 5.41) is 7.42. The van der Waals surface area contributed by atoms with E-state index in [-0.39, 0.29) is 18.3 Å². The lowest BCUT2D eigenvalue weighted by Crippen LogP contribution is -1.91. The summed E-state index contributed by atoms with van der Waals surface area (Å²) in [4.78, 5) is 9.09. The van der Waals surface area contributed by atoms with Crippen LogP contribution in [0.1, 0.15) is 11.5 Å². The molecule has 0 spiro atoms. The minimum atomic E-state index is -0.392. The van der Waals surface area contributed by atoms with Crippen molar-refractivity contribution >= 4 is 6.21 Å². The Morgan fingerprint density at radius 2 is 1.87 bits per heavy atom. The predicted molar refractivity (Wildman–Crippen MR) is 78.5 cm³/mol. The summed E-state index contributed by atoms with van der Waals surface area (Å²) in [5.74, 6) is -0.212. The zero-order valence-electron chi connectivity index (χ0n) is 11.8. The minimum Gasteiger partial charge on any atom is -0.386 e. The molecule has 5 nitrogen and oxygen atoms in total. The van der Waals surface area contributed by atoms with Gasteiger partial charge in [0.15, 0.2) is 6.61 Å². The molecule has 0 unspecified atom stereocenters. The van der Waals surface area contributed by atoms with Gasteiger partial charge in [0.1, 0.15) is 11.6 Å². The van der Waals surface area contributed by atoms with Crippen molar-refractivity contribution in [2.24, 2.45) is 5.16 Å². The summed E-state index contributed by atoms with van der Waals surface area (Å²) in [7, 11) is 0. The fraction of sp³-hybridized carbons (Fsp3) is 0.0625. The fourth-order valence-corrected chi connectivity index (χ4v) is 1.80. The largest absolute Gasteiger partial charge is 0.386 e. The number of aromatic nitrogens is 2. The lowest BCUT2D eigenvalue weighted by Gasteiger charge is -1.95. The van der Waals surface area contributed by atoms with Gasteiger partial charge in [0.25, 0.3) is 5.89 Å². The molecule has 7 heteroatoms. The SMILES string of the molecule is Fc1ccc(-c2noc(CO/N=C\c3ccccc3F)n2)cc1. The highest BCUT2D eigenvalue weighted by atomic mass is 19.1. The van der Waals surface area contributed by atoms with Crippen molar-refractivity contribution in [2.45, 2.75) is 6.61 Å². The van der Waals surface area contributed by atoms with Crippen LogP contribution < -0.4 is 0 Å². The van der Waals surface area contributed by atoms with Crippen molar-refractivity contribution in [1.29, 1.82) is 0 Å².